The molecule has 0 aliphatic heterocycles. The Labute approximate surface area is 128 Å². The second kappa shape index (κ2) is 5.29. The highest BCUT2D eigenvalue weighted by atomic mass is 79.9. The number of non-ortho nitro benzene ring substituents is 1. The predicted molar refractivity (Wildman–Crippen MR) is 81.8 cm³/mol. The van der Waals surface area contributed by atoms with Crippen molar-refractivity contribution >= 4 is 32.5 Å². The molecule has 0 aliphatic rings. The number of nitrogens with zero attached hydrogens (tertiary/aromatic N) is 2. The minimum atomic E-state index is -0.416. The number of aromatic nitrogens is 1. The van der Waals surface area contributed by atoms with E-state index in [4.69, 9.17) is 0 Å². The highest BCUT2D eigenvalue weighted by Crippen LogP contribution is 2.23. The molecule has 3 rings (SSSR count). The summed E-state index contributed by atoms with van der Waals surface area (Å²) >= 11 is 3.27. The van der Waals surface area contributed by atoms with Crippen LogP contribution in [0, 0.1) is 15.9 Å². The Bertz CT molecular complexity index is 825. The van der Waals surface area contributed by atoms with Crippen molar-refractivity contribution < 1.29 is 9.31 Å². The largest absolute Gasteiger partial charge is 0.343 e. The first-order chi connectivity index (χ1) is 10.0. The summed E-state index contributed by atoms with van der Waals surface area (Å²) in [4.78, 5) is 10.4. The van der Waals surface area contributed by atoms with Gasteiger partial charge in [-0.15, -0.1) is 0 Å². The number of benzene rings is 2. The maximum atomic E-state index is 13.4. The zero-order chi connectivity index (χ0) is 15.0. The molecule has 0 spiro atoms. The molecule has 0 saturated carbocycles. The summed E-state index contributed by atoms with van der Waals surface area (Å²) in [7, 11) is 0. The third kappa shape index (κ3) is 2.80. The Morgan fingerprint density at radius 3 is 2.71 bits per heavy atom. The van der Waals surface area contributed by atoms with Crippen LogP contribution in [-0.2, 0) is 6.54 Å². The topological polar surface area (TPSA) is 48.1 Å². The Morgan fingerprint density at radius 1 is 1.19 bits per heavy atom. The van der Waals surface area contributed by atoms with E-state index < -0.39 is 4.92 Å². The van der Waals surface area contributed by atoms with Crippen LogP contribution in [0.15, 0.2) is 53.1 Å². The van der Waals surface area contributed by atoms with Crippen LogP contribution >= 0.6 is 15.9 Å². The second-order valence-electron chi connectivity index (χ2n) is 4.72. The average Bonchev–Trinajstić information content (AvgIpc) is 2.80. The third-order valence-corrected chi connectivity index (χ3v) is 3.70. The van der Waals surface area contributed by atoms with Crippen LogP contribution < -0.4 is 0 Å². The number of fused-ring (bicyclic) bond motifs is 1. The molecule has 106 valence electrons. The van der Waals surface area contributed by atoms with Crippen molar-refractivity contribution in [1.29, 1.82) is 0 Å². The summed E-state index contributed by atoms with van der Waals surface area (Å²) in [6.45, 7) is 0.498. The van der Waals surface area contributed by atoms with Crippen LogP contribution in [0.2, 0.25) is 0 Å². The fourth-order valence-electron chi connectivity index (χ4n) is 2.34. The van der Waals surface area contributed by atoms with Gasteiger partial charge in [0.15, 0.2) is 0 Å². The van der Waals surface area contributed by atoms with Crippen molar-refractivity contribution in [2.75, 3.05) is 0 Å². The van der Waals surface area contributed by atoms with Gasteiger partial charge in [0.05, 0.1) is 4.92 Å². The monoisotopic (exact) mass is 348 g/mol. The molecule has 0 radical (unpaired) electrons. The van der Waals surface area contributed by atoms with Crippen molar-refractivity contribution in [3.8, 4) is 0 Å². The third-order valence-electron chi connectivity index (χ3n) is 3.24. The first-order valence-corrected chi connectivity index (χ1v) is 7.00. The van der Waals surface area contributed by atoms with Crippen LogP contribution in [0.3, 0.4) is 0 Å². The molecule has 1 heterocycles. The Hall–Kier alpha value is -2.21. The second-order valence-corrected chi connectivity index (χ2v) is 5.64. The first-order valence-electron chi connectivity index (χ1n) is 6.21. The van der Waals surface area contributed by atoms with E-state index in [0.717, 1.165) is 16.5 Å². The van der Waals surface area contributed by atoms with Crippen molar-refractivity contribution in [2.45, 2.75) is 6.54 Å². The molecule has 6 heteroatoms. The average molecular weight is 349 g/mol. The zero-order valence-electron chi connectivity index (χ0n) is 10.8. The molecule has 0 aliphatic carbocycles. The highest BCUT2D eigenvalue weighted by Gasteiger charge is 2.09. The number of hydrogen-bond donors (Lipinski definition) is 0. The molecule has 0 bridgehead atoms. The lowest BCUT2D eigenvalue weighted by molar-refractivity contribution is -0.384. The Morgan fingerprint density at radius 2 is 2.00 bits per heavy atom. The van der Waals surface area contributed by atoms with Gasteiger partial charge in [0.25, 0.3) is 5.69 Å². The van der Waals surface area contributed by atoms with Crippen LogP contribution in [0.25, 0.3) is 10.9 Å². The van der Waals surface area contributed by atoms with Gasteiger partial charge in [-0.1, -0.05) is 15.9 Å². The minimum absolute atomic E-state index is 0.0637. The molecule has 1 aromatic heterocycles. The van der Waals surface area contributed by atoms with Gasteiger partial charge in [0.2, 0.25) is 0 Å². The maximum Gasteiger partial charge on any atom is 0.270 e. The lowest BCUT2D eigenvalue weighted by atomic mass is 10.2. The number of nitro benzene ring substituents is 1. The van der Waals surface area contributed by atoms with Gasteiger partial charge in [-0.3, -0.25) is 10.1 Å². The van der Waals surface area contributed by atoms with Crippen LogP contribution in [-0.4, -0.2) is 9.49 Å². The molecular weight excluding hydrogens is 339 g/mol. The van der Waals surface area contributed by atoms with E-state index in [1.54, 1.807) is 6.07 Å². The molecular formula is C15H10BrFN2O2. The quantitative estimate of drug-likeness (QED) is 0.516. The molecule has 4 nitrogen and oxygen atoms in total. The van der Waals surface area contributed by atoms with Gasteiger partial charge in [0.1, 0.15) is 5.82 Å². The van der Waals surface area contributed by atoms with E-state index in [9.17, 15) is 14.5 Å². The Kier molecular flexibility index (Phi) is 3.47. The van der Waals surface area contributed by atoms with Crippen molar-refractivity contribution in [3.63, 3.8) is 0 Å². The standard InChI is InChI=1S/C15H10BrFN2O2/c16-12-5-10(6-13(17)8-12)9-18-4-3-11-7-14(19(20)21)1-2-15(11)18/h1-8H,9H2. The maximum absolute atomic E-state index is 13.4. The molecule has 0 saturated heterocycles. The van der Waals surface area contributed by atoms with E-state index in [1.807, 2.05) is 22.9 Å². The van der Waals surface area contributed by atoms with Gasteiger partial charge < -0.3 is 4.57 Å². The minimum Gasteiger partial charge on any atom is -0.343 e. The summed E-state index contributed by atoms with van der Waals surface area (Å²) in [5.41, 5.74) is 1.76. The summed E-state index contributed by atoms with van der Waals surface area (Å²) < 4.78 is 16.0. The van der Waals surface area contributed by atoms with E-state index in [1.165, 1.54) is 24.3 Å². The molecule has 0 unspecified atom stereocenters. The van der Waals surface area contributed by atoms with Gasteiger partial charge in [0, 0.05) is 40.2 Å². The molecule has 0 N–H and O–H groups in total. The van der Waals surface area contributed by atoms with Crippen LogP contribution in [0.4, 0.5) is 10.1 Å². The van der Waals surface area contributed by atoms with Gasteiger partial charge in [-0.05, 0) is 35.9 Å². The molecule has 0 fully saturated rings. The molecule has 0 amide bonds. The molecule has 21 heavy (non-hydrogen) atoms. The SMILES string of the molecule is O=[N+]([O-])c1ccc2c(ccn2Cc2cc(F)cc(Br)c2)c1. The summed E-state index contributed by atoms with van der Waals surface area (Å²) in [6.07, 6.45) is 1.84. The zero-order valence-corrected chi connectivity index (χ0v) is 12.4. The summed E-state index contributed by atoms with van der Waals surface area (Å²) in [6, 6.07) is 11.3. The van der Waals surface area contributed by atoms with Gasteiger partial charge >= 0.3 is 0 Å². The lowest BCUT2D eigenvalue weighted by Crippen LogP contribution is -1.98. The Balaban J connectivity index is 1.99. The molecule has 3 aromatic rings. The first kappa shape index (κ1) is 13.8. The molecule has 0 atom stereocenters. The van der Waals surface area contributed by atoms with Crippen molar-refractivity contribution in [2.24, 2.45) is 0 Å². The number of hydrogen-bond acceptors (Lipinski definition) is 2. The van der Waals surface area contributed by atoms with Crippen molar-refractivity contribution in [1.82, 2.24) is 4.57 Å². The van der Waals surface area contributed by atoms with Gasteiger partial charge in [-0.2, -0.15) is 0 Å². The lowest BCUT2D eigenvalue weighted by Gasteiger charge is -2.06. The highest BCUT2D eigenvalue weighted by molar-refractivity contribution is 9.10. The normalized spacial score (nSPS) is 11.0. The smallest absolute Gasteiger partial charge is 0.270 e. The van der Waals surface area contributed by atoms with Crippen LogP contribution in [0.1, 0.15) is 5.56 Å². The van der Waals surface area contributed by atoms with Crippen LogP contribution in [0.5, 0.6) is 0 Å². The fourth-order valence-corrected chi connectivity index (χ4v) is 2.85. The number of halogens is 2. The van der Waals surface area contributed by atoms with E-state index >= 15 is 0 Å². The summed E-state index contributed by atoms with van der Waals surface area (Å²) in [5, 5.41) is 11.6. The van der Waals surface area contributed by atoms with Crippen molar-refractivity contribution in [3.05, 3.63) is 74.6 Å². The number of nitro groups is 1. The van der Waals surface area contributed by atoms with E-state index in [0.29, 0.717) is 11.0 Å². The number of rotatable bonds is 3. The van der Waals surface area contributed by atoms with E-state index in [-0.39, 0.29) is 11.5 Å². The van der Waals surface area contributed by atoms with Gasteiger partial charge in [-0.25, -0.2) is 4.39 Å². The molecule has 2 aromatic carbocycles. The fraction of sp³-hybridized carbons (Fsp3) is 0.0667. The van der Waals surface area contributed by atoms with E-state index in [2.05, 4.69) is 15.9 Å². The summed E-state index contributed by atoms with van der Waals surface area (Å²) in [5.74, 6) is -0.300. The predicted octanol–water partition coefficient (Wildman–Crippen LogP) is 4.50.